The number of carbonyl (C=O) groups excluding carboxylic acids is 1. The number of hydrogen-bond acceptors (Lipinski definition) is 4. The van der Waals surface area contributed by atoms with E-state index in [4.69, 9.17) is 14.2 Å². The first-order valence-electron chi connectivity index (χ1n) is 5.80. The highest BCUT2D eigenvalue weighted by Crippen LogP contribution is 2.33. The number of ether oxygens (including phenoxy) is 3. The molecule has 0 spiro atoms. The van der Waals surface area contributed by atoms with Crippen molar-refractivity contribution in [3.05, 3.63) is 0 Å². The van der Waals surface area contributed by atoms with E-state index in [9.17, 15) is 4.79 Å². The smallest absolute Gasteiger partial charge is 0.317 e. The molecule has 94 valence electrons. The molecular weight excluding hydrogens is 208 g/mol. The SMILES string of the molecule is CCC1(C(=O)OC(C)C)COC(C)(C)OC1. The minimum atomic E-state index is -0.639. The second-order valence-electron chi connectivity index (χ2n) is 5.07. The van der Waals surface area contributed by atoms with E-state index in [2.05, 4.69) is 0 Å². The Labute approximate surface area is 97.2 Å². The predicted molar refractivity (Wildman–Crippen MR) is 59.9 cm³/mol. The molecule has 0 aromatic rings. The summed E-state index contributed by atoms with van der Waals surface area (Å²) < 4.78 is 16.4. The molecule has 4 heteroatoms. The average molecular weight is 230 g/mol. The maximum atomic E-state index is 12.0. The zero-order valence-electron chi connectivity index (χ0n) is 10.8. The molecule has 1 fully saturated rings. The van der Waals surface area contributed by atoms with E-state index in [1.165, 1.54) is 0 Å². The van der Waals surface area contributed by atoms with E-state index < -0.39 is 11.2 Å². The van der Waals surface area contributed by atoms with Crippen molar-refractivity contribution in [2.75, 3.05) is 13.2 Å². The largest absolute Gasteiger partial charge is 0.462 e. The Bertz CT molecular complexity index is 248. The molecule has 0 aliphatic carbocycles. The third-order valence-electron chi connectivity index (χ3n) is 2.84. The van der Waals surface area contributed by atoms with Gasteiger partial charge in [0.1, 0.15) is 5.41 Å². The molecule has 0 bridgehead atoms. The van der Waals surface area contributed by atoms with Gasteiger partial charge in [-0.25, -0.2) is 0 Å². The Morgan fingerprint density at radius 3 is 2.19 bits per heavy atom. The van der Waals surface area contributed by atoms with Crippen molar-refractivity contribution in [2.24, 2.45) is 5.41 Å². The second kappa shape index (κ2) is 4.72. The van der Waals surface area contributed by atoms with Crippen LogP contribution in [0.15, 0.2) is 0 Å². The maximum absolute atomic E-state index is 12.0. The highest BCUT2D eigenvalue weighted by atomic mass is 16.7. The Balaban J connectivity index is 2.69. The molecule has 0 amide bonds. The molecule has 0 unspecified atom stereocenters. The summed E-state index contributed by atoms with van der Waals surface area (Å²) in [5.41, 5.74) is -0.639. The van der Waals surface area contributed by atoms with Gasteiger partial charge in [0, 0.05) is 0 Å². The summed E-state index contributed by atoms with van der Waals surface area (Å²) >= 11 is 0. The van der Waals surface area contributed by atoms with Gasteiger partial charge in [-0.1, -0.05) is 6.92 Å². The van der Waals surface area contributed by atoms with E-state index in [1.807, 2.05) is 34.6 Å². The van der Waals surface area contributed by atoms with Crippen LogP contribution in [0.2, 0.25) is 0 Å². The van der Waals surface area contributed by atoms with E-state index in [0.29, 0.717) is 19.6 Å². The first kappa shape index (κ1) is 13.5. The summed E-state index contributed by atoms with van der Waals surface area (Å²) in [7, 11) is 0. The van der Waals surface area contributed by atoms with Crippen LogP contribution in [0.3, 0.4) is 0 Å². The molecular formula is C12H22O4. The van der Waals surface area contributed by atoms with Crippen LogP contribution in [0, 0.1) is 5.41 Å². The Morgan fingerprint density at radius 2 is 1.81 bits per heavy atom. The predicted octanol–water partition coefficient (Wildman–Crippen LogP) is 2.12. The zero-order chi connectivity index (χ0) is 12.4. The third kappa shape index (κ3) is 2.95. The summed E-state index contributed by atoms with van der Waals surface area (Å²) in [6.07, 6.45) is 0.556. The highest BCUT2D eigenvalue weighted by Gasteiger charge is 2.46. The lowest BCUT2D eigenvalue weighted by atomic mass is 9.86. The topological polar surface area (TPSA) is 44.8 Å². The van der Waals surface area contributed by atoms with Gasteiger partial charge in [0.25, 0.3) is 0 Å². The lowest BCUT2D eigenvalue weighted by molar-refractivity contribution is -0.285. The summed E-state index contributed by atoms with van der Waals surface area (Å²) in [5.74, 6) is -0.822. The molecule has 1 saturated heterocycles. The Morgan fingerprint density at radius 1 is 1.31 bits per heavy atom. The molecule has 1 aliphatic heterocycles. The summed E-state index contributed by atoms with van der Waals surface area (Å²) in [5, 5.41) is 0. The molecule has 1 heterocycles. The van der Waals surface area contributed by atoms with Crippen LogP contribution in [-0.4, -0.2) is 31.1 Å². The van der Waals surface area contributed by atoms with Gasteiger partial charge in [0.05, 0.1) is 19.3 Å². The van der Waals surface area contributed by atoms with Gasteiger partial charge in [0.2, 0.25) is 0 Å². The van der Waals surface area contributed by atoms with Crippen molar-refractivity contribution >= 4 is 5.97 Å². The van der Waals surface area contributed by atoms with Crippen molar-refractivity contribution in [1.82, 2.24) is 0 Å². The summed E-state index contributed by atoms with van der Waals surface area (Å²) in [4.78, 5) is 12.0. The maximum Gasteiger partial charge on any atom is 0.317 e. The van der Waals surface area contributed by atoms with E-state index in [1.54, 1.807) is 0 Å². The highest BCUT2D eigenvalue weighted by molar-refractivity contribution is 5.77. The van der Waals surface area contributed by atoms with Crippen molar-refractivity contribution in [3.8, 4) is 0 Å². The second-order valence-corrected chi connectivity index (χ2v) is 5.07. The van der Waals surface area contributed by atoms with Crippen LogP contribution in [0.25, 0.3) is 0 Å². The van der Waals surface area contributed by atoms with Gasteiger partial charge in [-0.3, -0.25) is 4.79 Å². The third-order valence-corrected chi connectivity index (χ3v) is 2.84. The molecule has 0 radical (unpaired) electrons. The van der Waals surface area contributed by atoms with Gasteiger partial charge in [-0.2, -0.15) is 0 Å². The monoisotopic (exact) mass is 230 g/mol. The van der Waals surface area contributed by atoms with Crippen molar-refractivity contribution < 1.29 is 19.0 Å². The van der Waals surface area contributed by atoms with E-state index in [0.717, 1.165) is 0 Å². The van der Waals surface area contributed by atoms with Gasteiger partial charge < -0.3 is 14.2 Å². The normalized spacial score (nSPS) is 23.1. The van der Waals surface area contributed by atoms with Crippen LogP contribution in [0.5, 0.6) is 0 Å². The van der Waals surface area contributed by atoms with Crippen LogP contribution in [0.4, 0.5) is 0 Å². The minimum Gasteiger partial charge on any atom is -0.462 e. The average Bonchev–Trinajstić information content (AvgIpc) is 2.17. The molecule has 1 aliphatic rings. The van der Waals surface area contributed by atoms with E-state index >= 15 is 0 Å². The quantitative estimate of drug-likeness (QED) is 0.697. The first-order valence-corrected chi connectivity index (χ1v) is 5.80. The molecule has 16 heavy (non-hydrogen) atoms. The van der Waals surface area contributed by atoms with Crippen molar-refractivity contribution in [1.29, 1.82) is 0 Å². The molecule has 4 nitrogen and oxygen atoms in total. The minimum absolute atomic E-state index is 0.106. The molecule has 0 aromatic heterocycles. The molecule has 0 atom stereocenters. The molecule has 0 aromatic carbocycles. The van der Waals surface area contributed by atoms with Crippen LogP contribution < -0.4 is 0 Å². The summed E-state index contributed by atoms with van der Waals surface area (Å²) in [6.45, 7) is 10.1. The number of carbonyl (C=O) groups is 1. The zero-order valence-corrected chi connectivity index (χ0v) is 10.8. The standard InChI is InChI=1S/C12H22O4/c1-6-12(10(13)16-9(2)3)7-14-11(4,5)15-8-12/h9H,6-8H2,1-5H3. The number of rotatable bonds is 3. The Hall–Kier alpha value is -0.610. The van der Waals surface area contributed by atoms with Crippen LogP contribution >= 0.6 is 0 Å². The fourth-order valence-electron chi connectivity index (χ4n) is 1.51. The van der Waals surface area contributed by atoms with Crippen LogP contribution in [0.1, 0.15) is 41.0 Å². The fourth-order valence-corrected chi connectivity index (χ4v) is 1.51. The van der Waals surface area contributed by atoms with Crippen LogP contribution in [-0.2, 0) is 19.0 Å². The number of esters is 1. The lowest BCUT2D eigenvalue weighted by Gasteiger charge is -2.41. The number of hydrogen-bond donors (Lipinski definition) is 0. The molecule has 1 rings (SSSR count). The van der Waals surface area contributed by atoms with Crippen molar-refractivity contribution in [2.45, 2.75) is 52.9 Å². The van der Waals surface area contributed by atoms with Crippen molar-refractivity contribution in [3.63, 3.8) is 0 Å². The van der Waals surface area contributed by atoms with Gasteiger partial charge >= 0.3 is 5.97 Å². The van der Waals surface area contributed by atoms with Gasteiger partial charge in [0.15, 0.2) is 5.79 Å². The summed E-state index contributed by atoms with van der Waals surface area (Å²) in [6, 6.07) is 0. The first-order chi connectivity index (χ1) is 7.31. The Kier molecular flexibility index (Phi) is 3.97. The lowest BCUT2D eigenvalue weighted by Crippen LogP contribution is -2.51. The molecule has 0 N–H and O–H groups in total. The van der Waals surface area contributed by atoms with E-state index in [-0.39, 0.29) is 12.1 Å². The molecule has 0 saturated carbocycles. The van der Waals surface area contributed by atoms with Gasteiger partial charge in [-0.15, -0.1) is 0 Å². The van der Waals surface area contributed by atoms with Gasteiger partial charge in [-0.05, 0) is 34.1 Å². The fraction of sp³-hybridized carbons (Fsp3) is 0.917.